The number of hydrogen-bond donors (Lipinski definition) is 1. The molecule has 0 amide bonds. The van der Waals surface area contributed by atoms with Crippen molar-refractivity contribution < 1.29 is 19.0 Å². The number of esters is 1. The van der Waals surface area contributed by atoms with Gasteiger partial charge >= 0.3 is 5.97 Å². The van der Waals surface area contributed by atoms with Crippen LogP contribution in [0.1, 0.15) is 12.0 Å². The zero-order valence-electron chi connectivity index (χ0n) is 10.5. The summed E-state index contributed by atoms with van der Waals surface area (Å²) in [6.07, 6.45) is 0.135. The Morgan fingerprint density at radius 1 is 1.63 bits per heavy atom. The second kappa shape index (κ2) is 5.46. The minimum Gasteiger partial charge on any atom is -0.508 e. The van der Waals surface area contributed by atoms with E-state index in [4.69, 9.17) is 0 Å². The smallest absolute Gasteiger partial charge is 0.345 e. The molecule has 1 aromatic rings. The molecule has 4 nitrogen and oxygen atoms in total. The molecule has 19 heavy (non-hydrogen) atoms. The number of carbonyl (C=O) groups is 1. The van der Waals surface area contributed by atoms with Crippen LogP contribution in [0.25, 0.3) is 0 Å². The Hall–Kier alpha value is -1.14. The highest BCUT2D eigenvalue weighted by Gasteiger charge is 2.46. The van der Waals surface area contributed by atoms with Gasteiger partial charge in [-0.05, 0) is 23.8 Å². The number of ether oxygens (including phenoxy) is 1. The van der Waals surface area contributed by atoms with E-state index in [0.717, 1.165) is 10.0 Å². The average molecular weight is 332 g/mol. The van der Waals surface area contributed by atoms with Gasteiger partial charge in [-0.1, -0.05) is 15.9 Å². The van der Waals surface area contributed by atoms with Crippen LogP contribution in [0.5, 0.6) is 5.75 Å². The highest BCUT2D eigenvalue weighted by atomic mass is 79.9. The third-order valence-corrected chi connectivity index (χ3v) is 4.05. The van der Waals surface area contributed by atoms with Gasteiger partial charge in [0.1, 0.15) is 5.75 Å². The van der Waals surface area contributed by atoms with E-state index in [1.165, 1.54) is 7.11 Å². The van der Waals surface area contributed by atoms with E-state index in [-0.39, 0.29) is 18.7 Å². The maximum atomic E-state index is 14.3. The number of benzene rings is 1. The Morgan fingerprint density at radius 3 is 3.05 bits per heavy atom. The van der Waals surface area contributed by atoms with Gasteiger partial charge in [-0.2, -0.15) is 0 Å². The van der Waals surface area contributed by atoms with Crippen LogP contribution in [0, 0.1) is 0 Å². The molecule has 6 heteroatoms. The summed E-state index contributed by atoms with van der Waals surface area (Å²) in [5, 5.41) is 9.45. The van der Waals surface area contributed by atoms with Gasteiger partial charge in [-0.3, -0.25) is 4.90 Å². The number of hydrogen-bond acceptors (Lipinski definition) is 4. The maximum Gasteiger partial charge on any atom is 0.345 e. The fraction of sp³-hybridized carbons (Fsp3) is 0.462. The fourth-order valence-electron chi connectivity index (χ4n) is 2.26. The number of halogens is 2. The molecule has 0 radical (unpaired) electrons. The molecule has 1 aromatic carbocycles. The first-order valence-electron chi connectivity index (χ1n) is 5.92. The Morgan fingerprint density at radius 2 is 2.37 bits per heavy atom. The number of rotatable bonds is 3. The molecule has 1 N–H and O–H groups in total. The molecule has 0 aromatic heterocycles. The number of alkyl halides is 1. The van der Waals surface area contributed by atoms with Gasteiger partial charge in [0.15, 0.2) is 0 Å². The van der Waals surface area contributed by atoms with Crippen LogP contribution < -0.4 is 0 Å². The molecule has 2 rings (SSSR count). The molecule has 0 saturated carbocycles. The molecule has 1 fully saturated rings. The first-order chi connectivity index (χ1) is 8.94. The van der Waals surface area contributed by atoms with Gasteiger partial charge in [0, 0.05) is 30.5 Å². The number of likely N-dealkylation sites (tertiary alicyclic amines) is 1. The molecule has 1 saturated heterocycles. The molecule has 1 atom stereocenters. The minimum atomic E-state index is -1.92. The molecular weight excluding hydrogens is 317 g/mol. The summed E-state index contributed by atoms with van der Waals surface area (Å²) in [6.45, 7) is 0.965. The van der Waals surface area contributed by atoms with E-state index in [9.17, 15) is 14.3 Å². The van der Waals surface area contributed by atoms with Crippen molar-refractivity contribution in [3.05, 3.63) is 28.2 Å². The topological polar surface area (TPSA) is 49.8 Å². The standard InChI is InChI=1S/C13H15BrFNO3/c1-19-12(18)13(15)4-5-16(8-13)7-9-6-10(17)2-3-11(9)14/h2-3,6,17H,4-5,7-8H2,1H3/t13-/m0/s1. The van der Waals surface area contributed by atoms with Gasteiger partial charge < -0.3 is 9.84 Å². The highest BCUT2D eigenvalue weighted by Crippen LogP contribution is 2.30. The summed E-state index contributed by atoms with van der Waals surface area (Å²) in [6, 6.07) is 4.94. The Balaban J connectivity index is 2.06. The molecule has 104 valence electrons. The van der Waals surface area contributed by atoms with Crippen molar-refractivity contribution in [2.24, 2.45) is 0 Å². The normalized spacial score (nSPS) is 23.5. The Kier molecular flexibility index (Phi) is 4.10. The first-order valence-corrected chi connectivity index (χ1v) is 6.71. The predicted molar refractivity (Wildman–Crippen MR) is 71.6 cm³/mol. The summed E-state index contributed by atoms with van der Waals surface area (Å²) >= 11 is 3.39. The number of phenolic OH excluding ortho intramolecular Hbond substituents is 1. The van der Waals surface area contributed by atoms with E-state index in [0.29, 0.717) is 13.1 Å². The van der Waals surface area contributed by atoms with Crippen molar-refractivity contribution in [3.63, 3.8) is 0 Å². The van der Waals surface area contributed by atoms with E-state index >= 15 is 0 Å². The number of carbonyl (C=O) groups excluding carboxylic acids is 1. The third kappa shape index (κ3) is 3.06. The lowest BCUT2D eigenvalue weighted by molar-refractivity contribution is -0.153. The summed E-state index contributed by atoms with van der Waals surface area (Å²) < 4.78 is 19.6. The van der Waals surface area contributed by atoms with Crippen molar-refractivity contribution in [1.29, 1.82) is 0 Å². The summed E-state index contributed by atoms with van der Waals surface area (Å²) in [7, 11) is 1.19. The second-order valence-electron chi connectivity index (χ2n) is 4.69. The van der Waals surface area contributed by atoms with Gasteiger partial charge in [-0.25, -0.2) is 9.18 Å². The van der Waals surface area contributed by atoms with Crippen LogP contribution in [0.3, 0.4) is 0 Å². The Labute approximate surface area is 119 Å². The molecule has 0 aliphatic carbocycles. The largest absolute Gasteiger partial charge is 0.508 e. The molecular formula is C13H15BrFNO3. The van der Waals surface area contributed by atoms with Gasteiger partial charge in [0.25, 0.3) is 0 Å². The third-order valence-electron chi connectivity index (χ3n) is 3.27. The molecule has 0 bridgehead atoms. The number of methoxy groups -OCH3 is 1. The average Bonchev–Trinajstić information content (AvgIpc) is 2.76. The fourth-order valence-corrected chi connectivity index (χ4v) is 2.63. The zero-order chi connectivity index (χ0) is 14.0. The Bertz CT molecular complexity index is 497. The van der Waals surface area contributed by atoms with Crippen LogP contribution >= 0.6 is 15.9 Å². The lowest BCUT2D eigenvalue weighted by Crippen LogP contribution is -2.38. The number of nitrogens with zero attached hydrogens (tertiary/aromatic N) is 1. The van der Waals surface area contributed by atoms with E-state index < -0.39 is 11.6 Å². The maximum absolute atomic E-state index is 14.3. The molecule has 0 spiro atoms. The van der Waals surface area contributed by atoms with Crippen LogP contribution in [0.2, 0.25) is 0 Å². The molecule has 0 unspecified atom stereocenters. The molecule has 1 aliphatic heterocycles. The van der Waals surface area contributed by atoms with Crippen molar-refractivity contribution in [3.8, 4) is 5.75 Å². The SMILES string of the molecule is COC(=O)[C@]1(F)CCN(Cc2cc(O)ccc2Br)C1. The van der Waals surface area contributed by atoms with E-state index in [1.54, 1.807) is 18.2 Å². The highest BCUT2D eigenvalue weighted by molar-refractivity contribution is 9.10. The van der Waals surface area contributed by atoms with Gasteiger partial charge in [0.2, 0.25) is 5.67 Å². The van der Waals surface area contributed by atoms with Crippen LogP contribution in [-0.4, -0.2) is 41.8 Å². The van der Waals surface area contributed by atoms with E-state index in [2.05, 4.69) is 20.7 Å². The summed E-state index contributed by atoms with van der Waals surface area (Å²) in [4.78, 5) is 13.2. The quantitative estimate of drug-likeness (QED) is 0.863. The predicted octanol–water partition coefficient (Wildman–Crippen LogP) is 2.24. The van der Waals surface area contributed by atoms with Crippen molar-refractivity contribution >= 4 is 21.9 Å². The van der Waals surface area contributed by atoms with Gasteiger partial charge in [-0.15, -0.1) is 0 Å². The molecule has 1 heterocycles. The first kappa shape index (κ1) is 14.3. The second-order valence-corrected chi connectivity index (χ2v) is 5.55. The van der Waals surface area contributed by atoms with Crippen molar-refractivity contribution in [2.45, 2.75) is 18.6 Å². The van der Waals surface area contributed by atoms with E-state index in [1.807, 2.05) is 4.90 Å². The lowest BCUT2D eigenvalue weighted by Gasteiger charge is -2.19. The molecule has 1 aliphatic rings. The van der Waals surface area contributed by atoms with Crippen LogP contribution in [0.4, 0.5) is 4.39 Å². The monoisotopic (exact) mass is 331 g/mol. The summed E-state index contributed by atoms with van der Waals surface area (Å²) in [5.74, 6) is -0.651. The minimum absolute atomic E-state index is 0.0156. The van der Waals surface area contributed by atoms with Crippen molar-refractivity contribution in [2.75, 3.05) is 20.2 Å². The van der Waals surface area contributed by atoms with Crippen molar-refractivity contribution in [1.82, 2.24) is 4.90 Å². The zero-order valence-corrected chi connectivity index (χ0v) is 12.1. The number of aromatic hydroxyl groups is 1. The van der Waals surface area contributed by atoms with Crippen LogP contribution in [0.15, 0.2) is 22.7 Å². The lowest BCUT2D eigenvalue weighted by atomic mass is 10.1. The number of phenols is 1. The van der Waals surface area contributed by atoms with Gasteiger partial charge in [0.05, 0.1) is 7.11 Å². The summed E-state index contributed by atoms with van der Waals surface area (Å²) in [5.41, 5.74) is -1.06. The van der Waals surface area contributed by atoms with Crippen LogP contribution in [-0.2, 0) is 16.1 Å².